The van der Waals surface area contributed by atoms with E-state index < -0.39 is 18.0 Å². The average molecular weight is 299 g/mol. The van der Waals surface area contributed by atoms with Crippen molar-refractivity contribution in [2.24, 2.45) is 5.92 Å². The van der Waals surface area contributed by atoms with Crippen LogP contribution in [0.1, 0.15) is 20.3 Å². The van der Waals surface area contributed by atoms with Crippen LogP contribution in [0.15, 0.2) is 42.5 Å². The van der Waals surface area contributed by atoms with Gasteiger partial charge in [0.15, 0.2) is 0 Å². The molecule has 0 aliphatic carbocycles. The zero-order valence-corrected chi connectivity index (χ0v) is 12.6. The number of carbonyl (C=O) groups excluding carboxylic acids is 2. The van der Waals surface area contributed by atoms with E-state index >= 15 is 0 Å². The number of carbonyl (C=O) groups is 2. The predicted molar refractivity (Wildman–Crippen MR) is 84.4 cm³/mol. The molecule has 0 bridgehead atoms. The standard InChI is InChI=1S/C17H20N2O3/c1-11(2)10-15(16(20)21)19-17(22)18-14-9-5-7-12-6-3-4-8-13(12)14/h3-9,11,15H,10H2,1-2H3,(H,20,21)(H2,18,19,22)/p-1/t15-/m0/s1. The molecule has 5 heteroatoms. The van der Waals surface area contributed by atoms with Crippen LogP contribution in [0.4, 0.5) is 10.5 Å². The molecule has 0 heterocycles. The second-order valence-corrected chi connectivity index (χ2v) is 5.63. The van der Waals surface area contributed by atoms with Gasteiger partial charge in [-0.2, -0.15) is 0 Å². The van der Waals surface area contributed by atoms with Gasteiger partial charge in [0.05, 0.1) is 17.7 Å². The lowest BCUT2D eigenvalue weighted by molar-refractivity contribution is -0.308. The second-order valence-electron chi connectivity index (χ2n) is 5.63. The monoisotopic (exact) mass is 299 g/mol. The van der Waals surface area contributed by atoms with Crippen molar-refractivity contribution in [2.75, 3.05) is 5.32 Å². The van der Waals surface area contributed by atoms with Crippen LogP contribution in [0.3, 0.4) is 0 Å². The molecule has 0 radical (unpaired) electrons. The van der Waals surface area contributed by atoms with Crippen LogP contribution in [0.25, 0.3) is 10.8 Å². The fourth-order valence-electron chi connectivity index (χ4n) is 2.34. The lowest BCUT2D eigenvalue weighted by Crippen LogP contribution is -2.49. The number of carboxylic acids is 1. The number of carboxylic acid groups (broad SMARTS) is 1. The summed E-state index contributed by atoms with van der Waals surface area (Å²) in [5.41, 5.74) is 0.636. The summed E-state index contributed by atoms with van der Waals surface area (Å²) in [5.74, 6) is -1.14. The predicted octanol–water partition coefficient (Wildman–Crippen LogP) is 2.13. The van der Waals surface area contributed by atoms with Gasteiger partial charge in [-0.15, -0.1) is 0 Å². The molecule has 0 spiro atoms. The number of nitrogens with one attached hydrogen (secondary N) is 2. The summed E-state index contributed by atoms with van der Waals surface area (Å²) in [5, 5.41) is 18.1. The minimum Gasteiger partial charge on any atom is -0.548 e. The highest BCUT2D eigenvalue weighted by Gasteiger charge is 2.15. The molecule has 0 saturated carbocycles. The Morgan fingerprint density at radius 3 is 2.45 bits per heavy atom. The third kappa shape index (κ3) is 3.97. The maximum atomic E-state index is 12.0. The molecule has 116 valence electrons. The van der Waals surface area contributed by atoms with Crippen molar-refractivity contribution in [2.45, 2.75) is 26.3 Å². The van der Waals surface area contributed by atoms with E-state index in [0.717, 1.165) is 10.8 Å². The molecule has 5 nitrogen and oxygen atoms in total. The van der Waals surface area contributed by atoms with Gasteiger partial charge in [-0.1, -0.05) is 50.2 Å². The first-order valence-electron chi connectivity index (χ1n) is 7.23. The Morgan fingerprint density at radius 1 is 1.09 bits per heavy atom. The van der Waals surface area contributed by atoms with Crippen molar-refractivity contribution in [1.29, 1.82) is 0 Å². The van der Waals surface area contributed by atoms with Crippen LogP contribution in [0.5, 0.6) is 0 Å². The van der Waals surface area contributed by atoms with Crippen molar-refractivity contribution in [3.05, 3.63) is 42.5 Å². The van der Waals surface area contributed by atoms with E-state index in [-0.39, 0.29) is 5.92 Å². The number of anilines is 1. The van der Waals surface area contributed by atoms with Crippen LogP contribution in [0, 0.1) is 5.92 Å². The molecule has 0 aromatic heterocycles. The van der Waals surface area contributed by atoms with Crippen molar-refractivity contribution in [3.8, 4) is 0 Å². The summed E-state index contributed by atoms with van der Waals surface area (Å²) in [6, 6.07) is 11.6. The Bertz CT molecular complexity index is 677. The highest BCUT2D eigenvalue weighted by molar-refractivity contribution is 6.02. The molecule has 1 atom stereocenters. The minimum absolute atomic E-state index is 0.140. The number of rotatable bonds is 5. The summed E-state index contributed by atoms with van der Waals surface area (Å²) in [4.78, 5) is 23.1. The maximum absolute atomic E-state index is 12.0. The quantitative estimate of drug-likeness (QED) is 0.887. The van der Waals surface area contributed by atoms with Gasteiger partial charge < -0.3 is 20.5 Å². The number of fused-ring (bicyclic) bond motifs is 1. The van der Waals surface area contributed by atoms with E-state index in [1.54, 1.807) is 6.07 Å². The zero-order chi connectivity index (χ0) is 16.1. The molecule has 22 heavy (non-hydrogen) atoms. The number of hydrogen-bond donors (Lipinski definition) is 2. The Kier molecular flexibility index (Phi) is 4.99. The highest BCUT2D eigenvalue weighted by Crippen LogP contribution is 2.22. The van der Waals surface area contributed by atoms with Gasteiger partial charge in [-0.05, 0) is 23.8 Å². The van der Waals surface area contributed by atoms with E-state index in [1.165, 1.54) is 0 Å². The first-order chi connectivity index (χ1) is 10.5. The van der Waals surface area contributed by atoms with Crippen molar-refractivity contribution >= 4 is 28.5 Å². The molecular formula is C17H19N2O3-. The summed E-state index contributed by atoms with van der Waals surface area (Å²) in [6.45, 7) is 3.78. The second kappa shape index (κ2) is 6.93. The number of benzene rings is 2. The average Bonchev–Trinajstić information content (AvgIpc) is 2.46. The van der Waals surface area contributed by atoms with Crippen molar-refractivity contribution in [1.82, 2.24) is 5.32 Å². The van der Waals surface area contributed by atoms with Crippen molar-refractivity contribution in [3.63, 3.8) is 0 Å². The van der Waals surface area contributed by atoms with Crippen LogP contribution in [0.2, 0.25) is 0 Å². The van der Waals surface area contributed by atoms with E-state index in [9.17, 15) is 14.7 Å². The van der Waals surface area contributed by atoms with Crippen LogP contribution in [-0.2, 0) is 4.79 Å². The smallest absolute Gasteiger partial charge is 0.319 e. The molecule has 2 N–H and O–H groups in total. The minimum atomic E-state index is -1.28. The number of urea groups is 1. The molecular weight excluding hydrogens is 280 g/mol. The van der Waals surface area contributed by atoms with E-state index in [1.807, 2.05) is 50.2 Å². The Balaban J connectivity index is 2.12. The van der Waals surface area contributed by atoms with Crippen molar-refractivity contribution < 1.29 is 14.7 Å². The zero-order valence-electron chi connectivity index (χ0n) is 12.6. The van der Waals surface area contributed by atoms with Crippen LogP contribution >= 0.6 is 0 Å². The summed E-state index contributed by atoms with van der Waals surface area (Å²) in [7, 11) is 0. The largest absolute Gasteiger partial charge is 0.548 e. The topological polar surface area (TPSA) is 81.3 Å². The lowest BCUT2D eigenvalue weighted by atomic mass is 10.0. The van der Waals surface area contributed by atoms with Gasteiger partial charge in [-0.3, -0.25) is 0 Å². The maximum Gasteiger partial charge on any atom is 0.319 e. The first-order valence-corrected chi connectivity index (χ1v) is 7.23. The summed E-state index contributed by atoms with van der Waals surface area (Å²) < 4.78 is 0. The Labute approximate surface area is 129 Å². The Morgan fingerprint density at radius 2 is 1.77 bits per heavy atom. The van der Waals surface area contributed by atoms with Crippen LogP contribution in [-0.4, -0.2) is 18.0 Å². The Hall–Kier alpha value is -2.56. The molecule has 0 aliphatic heterocycles. The third-order valence-corrected chi connectivity index (χ3v) is 3.33. The fraction of sp³-hybridized carbons (Fsp3) is 0.294. The molecule has 2 aromatic carbocycles. The van der Waals surface area contributed by atoms with E-state index in [2.05, 4.69) is 10.6 Å². The third-order valence-electron chi connectivity index (χ3n) is 3.33. The summed E-state index contributed by atoms with van der Waals surface area (Å²) in [6.07, 6.45) is 0.325. The molecule has 0 fully saturated rings. The summed E-state index contributed by atoms with van der Waals surface area (Å²) >= 11 is 0. The van der Waals surface area contributed by atoms with Gasteiger partial charge in [-0.25, -0.2) is 4.79 Å². The molecule has 2 amide bonds. The molecule has 0 unspecified atom stereocenters. The van der Waals surface area contributed by atoms with Gasteiger partial charge in [0.25, 0.3) is 0 Å². The molecule has 2 rings (SSSR count). The number of hydrogen-bond acceptors (Lipinski definition) is 3. The highest BCUT2D eigenvalue weighted by atomic mass is 16.4. The van der Waals surface area contributed by atoms with Gasteiger partial charge in [0.1, 0.15) is 0 Å². The molecule has 0 aliphatic rings. The van der Waals surface area contributed by atoms with Gasteiger partial charge >= 0.3 is 6.03 Å². The first kappa shape index (κ1) is 15.8. The molecule has 2 aromatic rings. The van der Waals surface area contributed by atoms with E-state index in [4.69, 9.17) is 0 Å². The van der Waals surface area contributed by atoms with Crippen LogP contribution < -0.4 is 15.7 Å². The fourth-order valence-corrected chi connectivity index (χ4v) is 2.34. The van der Waals surface area contributed by atoms with E-state index in [0.29, 0.717) is 12.1 Å². The molecule has 0 saturated heterocycles. The lowest BCUT2D eigenvalue weighted by Gasteiger charge is -2.22. The van der Waals surface area contributed by atoms with Gasteiger partial charge in [0, 0.05) is 5.39 Å². The SMILES string of the molecule is CC(C)C[C@H](NC(=O)Nc1cccc2ccccc12)C(=O)[O-]. The normalized spacial score (nSPS) is 12.1. The number of aliphatic carboxylic acids is 1. The number of amides is 2. The van der Waals surface area contributed by atoms with Gasteiger partial charge in [0.2, 0.25) is 0 Å².